The van der Waals surface area contributed by atoms with Crippen LogP contribution in [0.25, 0.3) is 33.7 Å². The summed E-state index contributed by atoms with van der Waals surface area (Å²) in [6.07, 6.45) is 7.94. The highest BCUT2D eigenvalue weighted by Gasteiger charge is 2.63. The van der Waals surface area contributed by atoms with Crippen LogP contribution in [0.5, 0.6) is 0 Å². The molecule has 2 bridgehead atoms. The number of rotatable bonds is 49. The number of nitrogens with two attached hydrogens (primary N) is 1. The fourth-order valence-corrected chi connectivity index (χ4v) is 22.8. The minimum absolute atomic E-state index is 0.0399. The van der Waals surface area contributed by atoms with Crippen LogP contribution in [-0.2, 0) is 86.4 Å². The highest BCUT2D eigenvalue weighted by atomic mass is 28.3. The molecule has 4 unspecified atom stereocenters. The zero-order valence-electron chi connectivity index (χ0n) is 65.5. The predicted octanol–water partition coefficient (Wildman–Crippen LogP) is 6.47. The van der Waals surface area contributed by atoms with Crippen molar-refractivity contribution in [2.24, 2.45) is 29.6 Å². The molecule has 0 spiro atoms. The molecule has 7 amide bonds. The number of likely N-dealkylation sites (tertiary alicyclic amines) is 1. The lowest BCUT2D eigenvalue weighted by molar-refractivity contribution is -0.142. The second kappa shape index (κ2) is 42.4. The van der Waals surface area contributed by atoms with Crippen LogP contribution in [0, 0.1) is 29.6 Å². The van der Waals surface area contributed by atoms with Crippen LogP contribution in [0.4, 0.5) is 17.3 Å². The average molecular weight is 1580 g/mol. The smallest absolute Gasteiger partial charge is 0.326 e. The number of aromatic amines is 1. The first kappa shape index (κ1) is 85.7. The normalized spacial score (nSPS) is 17.1. The van der Waals surface area contributed by atoms with Gasteiger partial charge in [-0.3, -0.25) is 48.2 Å². The van der Waals surface area contributed by atoms with Gasteiger partial charge in [0.1, 0.15) is 11.7 Å². The molecule has 5 atom stereocenters. The monoisotopic (exact) mass is 1580 g/mol. The standard InChI is InChI=1S/C80H109N15O17Si/c1-51(2)113(52(3)4,53(5)6)47-11-15-59-60-21-22-61(59)70-69(60)77(102)93(78(70)103)31-26-66(97)84-30-35-108-39-43-112-46-45-110-41-37-106-33-27-67(98)82-28-25-68(99)94-50-55-12-7-8-13-58(55)73-71(62-14-9-10-16-64(62)94)91-92-95(73)32-36-109-40-44-111-42-38-107-34-29-83-65(96)24-23-63(79(104)105)88-75(100)54-17-19-56(20-18-54)85-48-57-49-86-74-72(87-57)76(101)90-80(81)89-74/h7-10,12-14,16-22,49,51-53,59-61,63,69-70,85H,11,15,23-48,50H2,1-6H3,(H,82,98)(H,83,96)(H,84,97)(H,88,100)(H,104,105)(H3,81,86,89,90,101)/t59?,60?,61?,63-,69?,70?/m0/s1. The number of carbonyl (C=O) groups is 8. The maximum atomic E-state index is 14.1. The number of hydrogen-bond donors (Lipinski definition) is 8. The Hall–Kier alpha value is -9.74. The lowest BCUT2D eigenvalue weighted by Gasteiger charge is -2.43. The van der Waals surface area contributed by atoms with Gasteiger partial charge in [-0.25, -0.2) is 19.4 Å². The molecular formula is C80H109N15O17Si. The maximum absolute atomic E-state index is 14.1. The van der Waals surface area contributed by atoms with E-state index >= 15 is 0 Å². The van der Waals surface area contributed by atoms with E-state index in [2.05, 4.69) is 111 Å². The Morgan fingerprint density at radius 3 is 1.81 bits per heavy atom. The number of nitrogen functional groups attached to an aromatic ring is 1. The Balaban J connectivity index is 0.522. The summed E-state index contributed by atoms with van der Waals surface area (Å²) in [5.74, 6) is -3.36. The van der Waals surface area contributed by atoms with Crippen LogP contribution in [0.15, 0.2) is 95.9 Å². The van der Waals surface area contributed by atoms with Crippen molar-refractivity contribution < 1.29 is 76.6 Å². The summed E-state index contributed by atoms with van der Waals surface area (Å²) in [7, 11) is -1.52. The minimum Gasteiger partial charge on any atom is -0.480 e. The molecule has 2 aliphatic carbocycles. The van der Waals surface area contributed by atoms with Crippen molar-refractivity contribution in [3.63, 3.8) is 0 Å². The summed E-state index contributed by atoms with van der Waals surface area (Å²) >= 11 is 0. The molecule has 2 aliphatic heterocycles. The van der Waals surface area contributed by atoms with Gasteiger partial charge >= 0.3 is 5.97 Å². The fraction of sp³-hybridized carbons (Fsp3) is 0.550. The number of para-hydroxylation sites is 1. The van der Waals surface area contributed by atoms with Crippen molar-refractivity contribution in [3.05, 3.63) is 118 Å². The summed E-state index contributed by atoms with van der Waals surface area (Å²) in [6, 6.07) is 21.6. The Labute approximate surface area is 658 Å². The Morgan fingerprint density at radius 1 is 0.628 bits per heavy atom. The molecule has 2 fully saturated rings. The number of nitrogens with one attached hydrogen (secondary N) is 6. The van der Waals surface area contributed by atoms with Crippen molar-refractivity contribution in [3.8, 4) is 22.5 Å². The van der Waals surface area contributed by atoms with Gasteiger partial charge in [0.25, 0.3) is 11.5 Å². The second-order valence-corrected chi connectivity index (χ2v) is 35.8. The molecule has 33 heteroatoms. The van der Waals surface area contributed by atoms with E-state index in [0.717, 1.165) is 35.2 Å². The molecule has 10 rings (SSSR count). The number of ether oxygens (including phenoxy) is 7. The number of carboxylic acids is 1. The molecule has 113 heavy (non-hydrogen) atoms. The molecule has 32 nitrogen and oxygen atoms in total. The van der Waals surface area contributed by atoms with Gasteiger partial charge in [-0.15, -0.1) is 5.10 Å². The molecule has 3 aromatic heterocycles. The van der Waals surface area contributed by atoms with Gasteiger partial charge in [0.05, 0.1) is 155 Å². The van der Waals surface area contributed by atoms with Crippen molar-refractivity contribution in [2.75, 3.05) is 135 Å². The first-order chi connectivity index (χ1) is 54.6. The summed E-state index contributed by atoms with van der Waals surface area (Å²) in [6.45, 7) is 19.9. The number of imide groups is 1. The zero-order chi connectivity index (χ0) is 80.4. The Bertz CT molecular complexity index is 4260. The molecular weight excluding hydrogens is 1470 g/mol. The first-order valence-corrected chi connectivity index (χ1v) is 41.8. The third-order valence-electron chi connectivity index (χ3n) is 21.8. The number of aliphatic carboxylic acids is 1. The topological polar surface area (TPSA) is 416 Å². The highest BCUT2D eigenvalue weighted by Crippen LogP contribution is 2.58. The van der Waals surface area contributed by atoms with Gasteiger partial charge in [-0.2, -0.15) is 4.98 Å². The van der Waals surface area contributed by atoms with Crippen molar-refractivity contribution >= 4 is 83.9 Å². The summed E-state index contributed by atoms with van der Waals surface area (Å²) < 4.78 is 41.5. The van der Waals surface area contributed by atoms with Gasteiger partial charge < -0.3 is 75.5 Å². The van der Waals surface area contributed by atoms with E-state index in [1.165, 1.54) is 29.3 Å². The lowest BCUT2D eigenvalue weighted by Crippen LogP contribution is -2.44. The van der Waals surface area contributed by atoms with Crippen LogP contribution in [0.1, 0.15) is 108 Å². The van der Waals surface area contributed by atoms with Gasteiger partial charge in [0.2, 0.25) is 41.4 Å². The Morgan fingerprint density at radius 2 is 1.19 bits per heavy atom. The second-order valence-electron chi connectivity index (χ2n) is 29.6. The molecule has 4 aliphatic rings. The van der Waals surface area contributed by atoms with E-state index in [-0.39, 0.29) is 180 Å². The van der Waals surface area contributed by atoms with E-state index in [1.54, 1.807) is 21.7 Å². The third kappa shape index (κ3) is 22.8. The Kier molecular flexibility index (Phi) is 32.1. The van der Waals surface area contributed by atoms with E-state index < -0.39 is 37.5 Å². The number of anilines is 3. The molecule has 0 radical (unpaired) electrons. The number of fused-ring (bicyclic) bond motifs is 11. The number of H-pyrrole nitrogens is 1. The molecule has 9 N–H and O–H groups in total. The third-order valence-corrected chi connectivity index (χ3v) is 29.5. The maximum Gasteiger partial charge on any atom is 0.326 e. The number of nitrogens with zero attached hydrogens (tertiary/aromatic N) is 8. The number of benzene rings is 3. The largest absolute Gasteiger partial charge is 0.480 e. The summed E-state index contributed by atoms with van der Waals surface area (Å²) in [5.41, 5.74) is 13.1. The predicted molar refractivity (Wildman–Crippen MR) is 423 cm³/mol. The average Bonchev–Trinajstić information content (AvgIpc) is 1.55. The van der Waals surface area contributed by atoms with Crippen molar-refractivity contribution in [1.82, 2.24) is 61.1 Å². The van der Waals surface area contributed by atoms with Crippen LogP contribution in [0.2, 0.25) is 22.7 Å². The van der Waals surface area contributed by atoms with Crippen LogP contribution < -0.4 is 42.8 Å². The molecule has 1 saturated carbocycles. The van der Waals surface area contributed by atoms with E-state index in [0.29, 0.717) is 111 Å². The highest BCUT2D eigenvalue weighted by molar-refractivity contribution is 6.83. The lowest BCUT2D eigenvalue weighted by atomic mass is 9.85. The van der Waals surface area contributed by atoms with Gasteiger partial charge in [-0.1, -0.05) is 130 Å². The summed E-state index contributed by atoms with van der Waals surface area (Å²) in [5, 5.41) is 32.9. The number of carboxylic acid groups (broad SMARTS) is 1. The number of allylic oxidation sites excluding steroid dienone is 2. The molecule has 5 heterocycles. The SMILES string of the molecule is CC(C)[Si](CCCC1C2C=CC1C1C(=O)N(CCC(=O)NCCOCCOCCOCCOCCC(=O)NCCC(=O)N3Cc4ccccc4-c4c(nnn4CCOCCOCCOCCNC(=O)CC[C@H](NC(=O)c4ccc(NCc5cnc6nc(N)[nH]c(=O)c6n5)cc4)C(=O)O)-c4ccccc43)C(=O)C21)(C(C)C)C(C)C. The first-order valence-electron chi connectivity index (χ1n) is 39.3. The molecule has 6 aromatic rings. The van der Waals surface area contributed by atoms with Gasteiger partial charge in [-0.05, 0) is 66.5 Å². The fourth-order valence-electron chi connectivity index (χ4n) is 16.3. The molecule has 610 valence electrons. The van der Waals surface area contributed by atoms with Crippen LogP contribution in [0.3, 0.4) is 0 Å². The number of carbonyl (C=O) groups excluding carboxylic acids is 7. The number of aromatic nitrogens is 7. The molecule has 3 aromatic carbocycles. The number of hydrogen-bond acceptors (Lipinski definition) is 23. The molecule has 1 saturated heterocycles. The van der Waals surface area contributed by atoms with Crippen LogP contribution >= 0.6 is 0 Å². The van der Waals surface area contributed by atoms with Gasteiger partial charge in [0, 0.05) is 74.2 Å². The summed E-state index contributed by atoms with van der Waals surface area (Å²) in [4.78, 5) is 135. The van der Waals surface area contributed by atoms with E-state index in [9.17, 15) is 48.3 Å². The number of amides is 7. The van der Waals surface area contributed by atoms with E-state index in [4.69, 9.17) is 38.9 Å². The minimum atomic E-state index is -1.52. The zero-order valence-corrected chi connectivity index (χ0v) is 66.5. The quantitative estimate of drug-likeness (QED) is 0.00877. The van der Waals surface area contributed by atoms with Crippen molar-refractivity contribution in [1.29, 1.82) is 0 Å². The van der Waals surface area contributed by atoms with Crippen molar-refractivity contribution in [2.45, 2.75) is 135 Å². The van der Waals surface area contributed by atoms with Gasteiger partial charge in [0.15, 0.2) is 11.2 Å². The van der Waals surface area contributed by atoms with Crippen LogP contribution in [-0.4, -0.2) is 225 Å². The van der Waals surface area contributed by atoms with E-state index in [1.807, 2.05) is 48.5 Å².